The molecule has 0 atom stereocenters. The Balaban J connectivity index is 1.61. The summed E-state index contributed by atoms with van der Waals surface area (Å²) in [7, 11) is 0. The quantitative estimate of drug-likeness (QED) is 0.425. The maximum Gasteiger partial charge on any atom is 0.416 e. The molecular formula is C22H14F3N3O3S. The van der Waals surface area contributed by atoms with E-state index < -0.39 is 17.7 Å². The van der Waals surface area contributed by atoms with Gasteiger partial charge in [0.1, 0.15) is 17.1 Å². The molecule has 0 radical (unpaired) electrons. The predicted molar refractivity (Wildman–Crippen MR) is 111 cm³/mol. The number of aromatic nitrogens is 2. The molecule has 0 aliphatic carbocycles. The Morgan fingerprint density at radius 1 is 1.22 bits per heavy atom. The highest BCUT2D eigenvalue weighted by atomic mass is 32.1. The Morgan fingerprint density at radius 3 is 2.72 bits per heavy atom. The highest BCUT2D eigenvalue weighted by molar-refractivity contribution is 7.16. The lowest BCUT2D eigenvalue weighted by molar-refractivity contribution is -0.138. The fraction of sp³-hybridized carbons (Fsp3) is 0.136. The molecule has 0 amide bonds. The first-order valence-electron chi connectivity index (χ1n) is 9.30. The summed E-state index contributed by atoms with van der Waals surface area (Å²) in [6.07, 6.45) is -3.02. The summed E-state index contributed by atoms with van der Waals surface area (Å²) in [5.74, 6) is -1.16. The molecule has 0 spiro atoms. The van der Waals surface area contributed by atoms with Crippen LogP contribution in [-0.2, 0) is 12.6 Å². The van der Waals surface area contributed by atoms with Crippen LogP contribution in [0, 0.1) is 11.3 Å². The third kappa shape index (κ3) is 4.15. The number of halogens is 3. The molecule has 10 heteroatoms. The van der Waals surface area contributed by atoms with Crippen molar-refractivity contribution in [1.82, 2.24) is 9.55 Å². The van der Waals surface area contributed by atoms with Crippen LogP contribution >= 0.6 is 11.3 Å². The van der Waals surface area contributed by atoms with E-state index in [1.54, 1.807) is 22.8 Å². The van der Waals surface area contributed by atoms with Crippen molar-refractivity contribution in [2.45, 2.75) is 12.6 Å². The second-order valence-electron chi connectivity index (χ2n) is 6.77. The van der Waals surface area contributed by atoms with Crippen molar-refractivity contribution in [1.29, 1.82) is 5.26 Å². The van der Waals surface area contributed by atoms with Crippen LogP contribution in [0.2, 0.25) is 0 Å². The molecular weight excluding hydrogens is 443 g/mol. The fourth-order valence-electron chi connectivity index (χ4n) is 3.28. The summed E-state index contributed by atoms with van der Waals surface area (Å²) < 4.78 is 46.7. The number of alkyl halides is 3. The summed E-state index contributed by atoms with van der Waals surface area (Å²) in [6.45, 7) is -0.132. The van der Waals surface area contributed by atoms with Gasteiger partial charge in [-0.15, -0.1) is 11.3 Å². The van der Waals surface area contributed by atoms with Gasteiger partial charge in [-0.1, -0.05) is 18.2 Å². The minimum atomic E-state index is -4.48. The Bertz CT molecular complexity index is 1350. The van der Waals surface area contributed by atoms with E-state index in [0.717, 1.165) is 17.4 Å². The Labute approximate surface area is 183 Å². The first-order chi connectivity index (χ1) is 15.3. The topological polar surface area (TPSA) is 88.1 Å². The van der Waals surface area contributed by atoms with Gasteiger partial charge in [0.2, 0.25) is 0 Å². The third-order valence-corrected chi connectivity index (χ3v) is 5.85. The van der Waals surface area contributed by atoms with E-state index in [9.17, 15) is 23.1 Å². The zero-order valence-corrected chi connectivity index (χ0v) is 17.1. The Morgan fingerprint density at radius 2 is 2.00 bits per heavy atom. The van der Waals surface area contributed by atoms with E-state index in [4.69, 9.17) is 10.00 Å². The molecule has 0 fully saturated rings. The number of imidazole rings is 1. The van der Waals surface area contributed by atoms with E-state index in [-0.39, 0.29) is 29.2 Å². The molecule has 32 heavy (non-hydrogen) atoms. The molecule has 6 nitrogen and oxygen atoms in total. The van der Waals surface area contributed by atoms with Crippen LogP contribution in [0.25, 0.3) is 16.0 Å². The first-order valence-corrected chi connectivity index (χ1v) is 10.1. The lowest BCUT2D eigenvalue weighted by Crippen LogP contribution is -2.12. The summed E-state index contributed by atoms with van der Waals surface area (Å²) in [5, 5.41) is 19.2. The van der Waals surface area contributed by atoms with E-state index in [0.29, 0.717) is 21.6 Å². The van der Waals surface area contributed by atoms with Crippen LogP contribution in [0.3, 0.4) is 0 Å². The van der Waals surface area contributed by atoms with Crippen LogP contribution in [0.15, 0.2) is 54.9 Å². The van der Waals surface area contributed by atoms with Gasteiger partial charge in [0.05, 0.1) is 34.8 Å². The summed E-state index contributed by atoms with van der Waals surface area (Å²) in [5.41, 5.74) is 0.991. The molecule has 0 unspecified atom stereocenters. The average Bonchev–Trinajstić information content (AvgIpc) is 3.37. The lowest BCUT2D eigenvalue weighted by atomic mass is 10.0. The number of nitriles is 1. The standard InChI is InChI=1S/C22H14F3N3O3S/c23-22(24,25)15-4-2-1-3-14(15)7-8-31-18-10-19(32-20(18)21(29)30)28-12-27-16-6-5-13(11-26)9-17(16)28/h1-6,9-10,12H,7-8H2,(H,29,30). The Hall–Kier alpha value is -3.84. The van der Waals surface area contributed by atoms with Crippen molar-refractivity contribution < 1.29 is 27.8 Å². The van der Waals surface area contributed by atoms with Crippen LogP contribution in [-0.4, -0.2) is 27.2 Å². The predicted octanol–water partition coefficient (Wildman–Crippen LogP) is 5.30. The lowest BCUT2D eigenvalue weighted by Gasteiger charge is -2.12. The van der Waals surface area contributed by atoms with Gasteiger partial charge in [0.25, 0.3) is 0 Å². The zero-order chi connectivity index (χ0) is 22.9. The minimum Gasteiger partial charge on any atom is -0.491 e. The number of carboxylic acids is 1. The molecule has 0 bridgehead atoms. The number of hydrogen-bond donors (Lipinski definition) is 1. The van der Waals surface area contributed by atoms with Crippen molar-refractivity contribution in [2.24, 2.45) is 0 Å². The molecule has 0 aliphatic rings. The number of hydrogen-bond acceptors (Lipinski definition) is 5. The maximum absolute atomic E-state index is 13.2. The van der Waals surface area contributed by atoms with Gasteiger partial charge in [-0.05, 0) is 29.8 Å². The van der Waals surface area contributed by atoms with Crippen LogP contribution < -0.4 is 4.74 Å². The fourth-order valence-corrected chi connectivity index (χ4v) is 4.20. The number of fused-ring (bicyclic) bond motifs is 1. The van der Waals surface area contributed by atoms with E-state index in [1.807, 2.05) is 6.07 Å². The van der Waals surface area contributed by atoms with Crippen molar-refractivity contribution in [2.75, 3.05) is 6.61 Å². The van der Waals surface area contributed by atoms with Gasteiger partial charge in [0, 0.05) is 12.5 Å². The van der Waals surface area contributed by atoms with Crippen molar-refractivity contribution >= 4 is 28.3 Å². The van der Waals surface area contributed by atoms with Gasteiger partial charge in [-0.25, -0.2) is 9.78 Å². The van der Waals surface area contributed by atoms with Crippen molar-refractivity contribution in [3.8, 4) is 16.8 Å². The highest BCUT2D eigenvalue weighted by Gasteiger charge is 2.32. The van der Waals surface area contributed by atoms with Gasteiger partial charge in [0.15, 0.2) is 4.88 Å². The molecule has 0 saturated carbocycles. The summed E-state index contributed by atoms with van der Waals surface area (Å²) in [6, 6.07) is 13.7. The Kier molecular flexibility index (Phi) is 5.59. The van der Waals surface area contributed by atoms with Gasteiger partial charge in [-0.3, -0.25) is 4.57 Å². The van der Waals surface area contributed by atoms with E-state index in [1.165, 1.54) is 30.6 Å². The number of aromatic carboxylic acids is 1. The second kappa shape index (κ2) is 8.36. The maximum atomic E-state index is 13.2. The number of rotatable bonds is 6. The number of benzene rings is 2. The molecule has 0 aliphatic heterocycles. The van der Waals surface area contributed by atoms with Crippen molar-refractivity contribution in [3.63, 3.8) is 0 Å². The molecule has 1 N–H and O–H groups in total. The second-order valence-corrected chi connectivity index (χ2v) is 7.80. The van der Waals surface area contributed by atoms with Crippen molar-refractivity contribution in [3.05, 3.63) is 76.4 Å². The number of nitrogens with zero attached hydrogens (tertiary/aromatic N) is 3. The SMILES string of the molecule is N#Cc1ccc2ncn(-c3cc(OCCc4ccccc4C(F)(F)F)c(C(=O)O)s3)c2c1. The minimum absolute atomic E-state index is 0.0422. The molecule has 0 saturated heterocycles. The number of thiophene rings is 1. The first kappa shape index (κ1) is 21.4. The van der Waals surface area contributed by atoms with Gasteiger partial charge in [-0.2, -0.15) is 18.4 Å². The molecule has 2 aromatic heterocycles. The van der Waals surface area contributed by atoms with Crippen LogP contribution in [0.5, 0.6) is 5.75 Å². The van der Waals surface area contributed by atoms with Gasteiger partial charge < -0.3 is 9.84 Å². The van der Waals surface area contributed by atoms with Gasteiger partial charge >= 0.3 is 12.1 Å². The molecule has 4 rings (SSSR count). The van der Waals surface area contributed by atoms with E-state index >= 15 is 0 Å². The number of carboxylic acid groups (broad SMARTS) is 1. The van der Waals surface area contributed by atoms with E-state index in [2.05, 4.69) is 4.98 Å². The zero-order valence-electron chi connectivity index (χ0n) is 16.3. The van der Waals surface area contributed by atoms with Crippen LogP contribution in [0.4, 0.5) is 13.2 Å². The average molecular weight is 457 g/mol. The largest absolute Gasteiger partial charge is 0.491 e. The molecule has 2 aromatic carbocycles. The molecule has 162 valence electrons. The highest BCUT2D eigenvalue weighted by Crippen LogP contribution is 2.35. The third-order valence-electron chi connectivity index (χ3n) is 4.74. The summed E-state index contributed by atoms with van der Waals surface area (Å²) >= 11 is 0.943. The molecule has 2 heterocycles. The monoisotopic (exact) mass is 457 g/mol. The molecule has 4 aromatic rings. The number of ether oxygens (including phenoxy) is 1. The smallest absolute Gasteiger partial charge is 0.416 e. The normalized spacial score (nSPS) is 11.4. The van der Waals surface area contributed by atoms with Crippen LogP contribution in [0.1, 0.15) is 26.4 Å². The number of carbonyl (C=O) groups is 1. The summed E-state index contributed by atoms with van der Waals surface area (Å²) in [4.78, 5) is 15.9.